The standard InChI is InChI=1S/C15H21N5O/c1-2-21-14-9-12(8-13(16)10-14)15-17-18-19-20(15)7-3-4-11-5-6-11/h8-11H,2-7,16H2,1H3. The van der Waals surface area contributed by atoms with Crippen molar-refractivity contribution in [3.63, 3.8) is 0 Å². The number of tetrazole rings is 1. The van der Waals surface area contributed by atoms with Gasteiger partial charge in [-0.15, -0.1) is 5.10 Å². The van der Waals surface area contributed by atoms with Crippen molar-refractivity contribution in [3.8, 4) is 17.1 Å². The van der Waals surface area contributed by atoms with Crippen molar-refractivity contribution >= 4 is 5.69 Å². The van der Waals surface area contributed by atoms with Crippen LogP contribution in [0.2, 0.25) is 0 Å². The van der Waals surface area contributed by atoms with Gasteiger partial charge in [0.25, 0.3) is 0 Å². The number of anilines is 1. The number of ether oxygens (including phenoxy) is 1. The largest absolute Gasteiger partial charge is 0.494 e. The fourth-order valence-electron chi connectivity index (χ4n) is 2.50. The highest BCUT2D eigenvalue weighted by Gasteiger charge is 2.20. The van der Waals surface area contributed by atoms with Crippen LogP contribution in [-0.4, -0.2) is 26.8 Å². The number of aromatic nitrogens is 4. The van der Waals surface area contributed by atoms with Crippen LogP contribution in [0.4, 0.5) is 5.69 Å². The molecule has 0 saturated heterocycles. The zero-order valence-electron chi connectivity index (χ0n) is 12.3. The minimum Gasteiger partial charge on any atom is -0.494 e. The zero-order chi connectivity index (χ0) is 14.7. The van der Waals surface area contributed by atoms with E-state index in [4.69, 9.17) is 10.5 Å². The quantitative estimate of drug-likeness (QED) is 0.792. The molecule has 1 aliphatic rings. The second-order valence-corrected chi connectivity index (χ2v) is 5.53. The van der Waals surface area contributed by atoms with Gasteiger partial charge in [-0.25, -0.2) is 4.68 Å². The summed E-state index contributed by atoms with van der Waals surface area (Å²) < 4.78 is 7.38. The highest BCUT2D eigenvalue weighted by molar-refractivity contribution is 5.64. The average Bonchev–Trinajstić information content (AvgIpc) is 3.15. The SMILES string of the molecule is CCOc1cc(N)cc(-c2nnnn2CCCC2CC2)c1. The van der Waals surface area contributed by atoms with Crippen LogP contribution in [0.3, 0.4) is 0 Å². The van der Waals surface area contributed by atoms with Gasteiger partial charge in [0, 0.05) is 23.9 Å². The molecule has 2 aromatic rings. The number of hydrogen-bond acceptors (Lipinski definition) is 5. The Morgan fingerprint density at radius 3 is 2.95 bits per heavy atom. The molecule has 0 amide bonds. The minimum absolute atomic E-state index is 0.606. The summed E-state index contributed by atoms with van der Waals surface area (Å²) in [5.74, 6) is 2.43. The molecule has 0 spiro atoms. The molecular formula is C15H21N5O. The van der Waals surface area contributed by atoms with E-state index >= 15 is 0 Å². The Kier molecular flexibility index (Phi) is 4.03. The molecule has 21 heavy (non-hydrogen) atoms. The highest BCUT2D eigenvalue weighted by Crippen LogP contribution is 2.33. The molecule has 0 radical (unpaired) electrons. The summed E-state index contributed by atoms with van der Waals surface area (Å²) in [7, 11) is 0. The van der Waals surface area contributed by atoms with Gasteiger partial charge in [0.1, 0.15) is 5.75 Å². The first-order chi connectivity index (χ1) is 10.3. The van der Waals surface area contributed by atoms with E-state index in [1.54, 1.807) is 0 Å². The number of nitrogens with zero attached hydrogens (tertiary/aromatic N) is 4. The highest BCUT2D eigenvalue weighted by atomic mass is 16.5. The number of nitrogen functional groups attached to an aromatic ring is 1. The molecule has 2 N–H and O–H groups in total. The van der Waals surface area contributed by atoms with Gasteiger partial charge in [-0.2, -0.15) is 0 Å². The molecule has 0 unspecified atom stereocenters. The van der Waals surface area contributed by atoms with E-state index in [0.29, 0.717) is 12.3 Å². The molecule has 1 aromatic heterocycles. The topological polar surface area (TPSA) is 78.8 Å². The van der Waals surface area contributed by atoms with Gasteiger partial charge in [0.2, 0.25) is 0 Å². The zero-order valence-corrected chi connectivity index (χ0v) is 12.3. The molecule has 6 nitrogen and oxygen atoms in total. The molecule has 3 rings (SSSR count). The summed E-state index contributed by atoms with van der Waals surface area (Å²) in [6.07, 6.45) is 5.15. The second kappa shape index (κ2) is 6.11. The molecule has 1 aliphatic carbocycles. The third kappa shape index (κ3) is 3.51. The summed E-state index contributed by atoms with van der Waals surface area (Å²) in [6, 6.07) is 5.63. The van der Waals surface area contributed by atoms with Crippen LogP contribution in [0, 0.1) is 5.92 Å². The first-order valence-electron chi connectivity index (χ1n) is 7.56. The van der Waals surface area contributed by atoms with Crippen molar-refractivity contribution in [3.05, 3.63) is 18.2 Å². The van der Waals surface area contributed by atoms with Crippen LogP contribution in [0.25, 0.3) is 11.4 Å². The summed E-state index contributed by atoms with van der Waals surface area (Å²) in [4.78, 5) is 0. The summed E-state index contributed by atoms with van der Waals surface area (Å²) in [6.45, 7) is 3.40. The molecule has 1 heterocycles. The van der Waals surface area contributed by atoms with Crippen molar-refractivity contribution in [1.29, 1.82) is 0 Å². The fraction of sp³-hybridized carbons (Fsp3) is 0.533. The Hall–Kier alpha value is -2.11. The van der Waals surface area contributed by atoms with E-state index in [2.05, 4.69) is 15.5 Å². The van der Waals surface area contributed by atoms with Gasteiger partial charge < -0.3 is 10.5 Å². The lowest BCUT2D eigenvalue weighted by atomic mass is 10.1. The fourth-order valence-corrected chi connectivity index (χ4v) is 2.50. The molecule has 0 aliphatic heterocycles. The van der Waals surface area contributed by atoms with Crippen LogP contribution in [0.1, 0.15) is 32.6 Å². The molecule has 1 aromatic carbocycles. The molecule has 1 saturated carbocycles. The van der Waals surface area contributed by atoms with Crippen molar-refractivity contribution in [1.82, 2.24) is 20.2 Å². The number of rotatable bonds is 7. The van der Waals surface area contributed by atoms with Gasteiger partial charge >= 0.3 is 0 Å². The van der Waals surface area contributed by atoms with Crippen molar-refractivity contribution in [2.24, 2.45) is 5.92 Å². The van der Waals surface area contributed by atoms with E-state index in [0.717, 1.165) is 36.0 Å². The Balaban J connectivity index is 1.77. The van der Waals surface area contributed by atoms with E-state index in [9.17, 15) is 0 Å². The molecule has 112 valence electrons. The second-order valence-electron chi connectivity index (χ2n) is 5.53. The van der Waals surface area contributed by atoms with Crippen LogP contribution < -0.4 is 10.5 Å². The molecule has 0 bridgehead atoms. The lowest BCUT2D eigenvalue weighted by Gasteiger charge is -2.08. The number of hydrogen-bond donors (Lipinski definition) is 1. The predicted octanol–water partition coefficient (Wildman–Crippen LogP) is 2.51. The molecule has 1 fully saturated rings. The Morgan fingerprint density at radius 2 is 2.19 bits per heavy atom. The molecule has 0 atom stereocenters. The van der Waals surface area contributed by atoms with Crippen LogP contribution >= 0.6 is 0 Å². The minimum atomic E-state index is 0.606. The predicted molar refractivity (Wildman–Crippen MR) is 80.8 cm³/mol. The van der Waals surface area contributed by atoms with Gasteiger partial charge in [0.15, 0.2) is 5.82 Å². The maximum absolute atomic E-state index is 5.94. The maximum Gasteiger partial charge on any atom is 0.182 e. The van der Waals surface area contributed by atoms with Crippen molar-refractivity contribution < 1.29 is 4.74 Å². The first kappa shape index (κ1) is 13.9. The number of benzene rings is 1. The van der Waals surface area contributed by atoms with Gasteiger partial charge in [-0.1, -0.05) is 12.8 Å². The summed E-state index contributed by atoms with van der Waals surface area (Å²) >= 11 is 0. The van der Waals surface area contributed by atoms with Crippen LogP contribution in [0.5, 0.6) is 5.75 Å². The normalized spacial score (nSPS) is 14.3. The van der Waals surface area contributed by atoms with Crippen molar-refractivity contribution in [2.45, 2.75) is 39.2 Å². The Labute approximate surface area is 124 Å². The third-order valence-corrected chi connectivity index (χ3v) is 3.71. The lowest BCUT2D eigenvalue weighted by molar-refractivity contribution is 0.340. The first-order valence-corrected chi connectivity index (χ1v) is 7.56. The average molecular weight is 287 g/mol. The van der Waals surface area contributed by atoms with Gasteiger partial charge in [0.05, 0.1) is 6.61 Å². The lowest BCUT2D eigenvalue weighted by Crippen LogP contribution is -2.04. The maximum atomic E-state index is 5.94. The van der Waals surface area contributed by atoms with E-state index in [1.165, 1.54) is 19.3 Å². The van der Waals surface area contributed by atoms with Crippen LogP contribution in [0.15, 0.2) is 18.2 Å². The Morgan fingerprint density at radius 1 is 1.33 bits per heavy atom. The Bertz CT molecular complexity index is 606. The molecule has 6 heteroatoms. The number of nitrogens with two attached hydrogens (primary N) is 1. The third-order valence-electron chi connectivity index (χ3n) is 3.71. The van der Waals surface area contributed by atoms with E-state index in [-0.39, 0.29) is 0 Å². The van der Waals surface area contributed by atoms with Gasteiger partial charge in [-0.3, -0.25) is 0 Å². The van der Waals surface area contributed by atoms with Gasteiger partial charge in [-0.05, 0) is 48.2 Å². The molecular weight excluding hydrogens is 266 g/mol. The monoisotopic (exact) mass is 287 g/mol. The van der Waals surface area contributed by atoms with Crippen molar-refractivity contribution in [2.75, 3.05) is 12.3 Å². The number of aryl methyl sites for hydroxylation is 1. The smallest absolute Gasteiger partial charge is 0.182 e. The summed E-state index contributed by atoms with van der Waals surface area (Å²) in [5.41, 5.74) is 7.49. The van der Waals surface area contributed by atoms with Crippen LogP contribution in [-0.2, 0) is 6.54 Å². The summed E-state index contributed by atoms with van der Waals surface area (Å²) in [5, 5.41) is 12.0. The van der Waals surface area contributed by atoms with E-state index < -0.39 is 0 Å². The van der Waals surface area contributed by atoms with E-state index in [1.807, 2.05) is 29.8 Å².